The molecule has 1 aliphatic heterocycles. The van der Waals surface area contributed by atoms with Gasteiger partial charge in [-0.15, -0.1) is 21.5 Å². The average molecular weight is 336 g/mol. The van der Waals surface area contributed by atoms with E-state index in [1.165, 1.54) is 0 Å². The first kappa shape index (κ1) is 15.9. The van der Waals surface area contributed by atoms with Crippen molar-refractivity contribution >= 4 is 23.1 Å². The van der Waals surface area contributed by atoms with Crippen molar-refractivity contribution in [1.29, 1.82) is 0 Å². The molecule has 1 saturated heterocycles. The van der Waals surface area contributed by atoms with E-state index < -0.39 is 0 Å². The highest BCUT2D eigenvalue weighted by Crippen LogP contribution is 2.27. The van der Waals surface area contributed by atoms with Gasteiger partial charge in [-0.3, -0.25) is 0 Å². The number of nitrogens with one attached hydrogen (secondary N) is 1. The SMILES string of the molecule is Cc1cscc1NC(=O)N1CCOC[C@H]1c1nnc(C(C)C)o1. The number of rotatable bonds is 3. The van der Waals surface area contributed by atoms with Crippen molar-refractivity contribution in [2.45, 2.75) is 32.7 Å². The first-order valence-electron chi connectivity index (χ1n) is 7.57. The normalized spacial score (nSPS) is 18.4. The standard InChI is InChI=1S/C15H20N4O3S/c1-9(2)13-17-18-14(22-13)12-6-21-5-4-19(12)15(20)16-11-8-23-7-10(11)3/h7-9,12H,4-6H2,1-3H3,(H,16,20)/t12-/m0/s1. The lowest BCUT2D eigenvalue weighted by atomic mass is 10.2. The Morgan fingerprint density at radius 1 is 1.43 bits per heavy atom. The molecule has 0 saturated carbocycles. The Kier molecular flexibility index (Phi) is 4.63. The van der Waals surface area contributed by atoms with Gasteiger partial charge in [0.25, 0.3) is 0 Å². The molecule has 1 aliphatic rings. The van der Waals surface area contributed by atoms with Crippen LogP contribution in [-0.2, 0) is 4.74 Å². The predicted molar refractivity (Wildman–Crippen MR) is 86.7 cm³/mol. The lowest BCUT2D eigenvalue weighted by molar-refractivity contribution is 0.00494. The van der Waals surface area contributed by atoms with Crippen molar-refractivity contribution in [1.82, 2.24) is 15.1 Å². The highest BCUT2D eigenvalue weighted by atomic mass is 32.1. The van der Waals surface area contributed by atoms with Gasteiger partial charge in [0.1, 0.15) is 6.04 Å². The molecule has 8 heteroatoms. The molecule has 1 fully saturated rings. The van der Waals surface area contributed by atoms with Crippen LogP contribution in [0, 0.1) is 6.92 Å². The molecular weight excluding hydrogens is 316 g/mol. The molecule has 3 heterocycles. The van der Waals surface area contributed by atoms with Gasteiger partial charge >= 0.3 is 6.03 Å². The second kappa shape index (κ2) is 6.67. The highest BCUT2D eigenvalue weighted by molar-refractivity contribution is 7.08. The Hall–Kier alpha value is -1.93. The molecular formula is C15H20N4O3S. The van der Waals surface area contributed by atoms with Gasteiger partial charge in [-0.1, -0.05) is 13.8 Å². The number of ether oxygens (including phenoxy) is 1. The van der Waals surface area contributed by atoms with E-state index in [4.69, 9.17) is 9.15 Å². The molecule has 0 radical (unpaired) electrons. The zero-order valence-corrected chi connectivity index (χ0v) is 14.2. The molecule has 124 valence electrons. The third kappa shape index (κ3) is 3.37. The minimum absolute atomic E-state index is 0.150. The van der Waals surface area contributed by atoms with Gasteiger partial charge in [0.05, 0.1) is 18.9 Å². The second-order valence-corrected chi connectivity index (χ2v) is 6.56. The zero-order valence-electron chi connectivity index (χ0n) is 13.4. The van der Waals surface area contributed by atoms with Crippen LogP contribution in [0.5, 0.6) is 0 Å². The first-order valence-corrected chi connectivity index (χ1v) is 8.52. The van der Waals surface area contributed by atoms with E-state index in [0.29, 0.717) is 31.5 Å². The summed E-state index contributed by atoms with van der Waals surface area (Å²) in [6, 6.07) is -0.535. The summed E-state index contributed by atoms with van der Waals surface area (Å²) in [5.41, 5.74) is 1.88. The summed E-state index contributed by atoms with van der Waals surface area (Å²) in [6.45, 7) is 7.28. The van der Waals surface area contributed by atoms with E-state index in [2.05, 4.69) is 15.5 Å². The number of aromatic nitrogens is 2. The van der Waals surface area contributed by atoms with Crippen molar-refractivity contribution in [3.63, 3.8) is 0 Å². The Balaban J connectivity index is 1.77. The molecule has 1 N–H and O–H groups in total. The monoisotopic (exact) mass is 336 g/mol. The second-order valence-electron chi connectivity index (χ2n) is 5.82. The van der Waals surface area contributed by atoms with Crippen LogP contribution in [0.1, 0.15) is 43.2 Å². The number of anilines is 1. The van der Waals surface area contributed by atoms with Crippen LogP contribution in [0.3, 0.4) is 0 Å². The lowest BCUT2D eigenvalue weighted by Crippen LogP contribution is -2.45. The maximum Gasteiger partial charge on any atom is 0.322 e. The number of aryl methyl sites for hydroxylation is 1. The Morgan fingerprint density at radius 2 is 2.26 bits per heavy atom. The summed E-state index contributed by atoms with van der Waals surface area (Å²) in [7, 11) is 0. The van der Waals surface area contributed by atoms with Crippen LogP contribution in [0.15, 0.2) is 15.2 Å². The summed E-state index contributed by atoms with van der Waals surface area (Å²) in [5.74, 6) is 1.14. The number of hydrogen-bond donors (Lipinski definition) is 1. The third-order valence-corrected chi connectivity index (χ3v) is 4.58. The number of carbonyl (C=O) groups is 1. The van der Waals surface area contributed by atoms with Gasteiger partial charge in [-0.25, -0.2) is 4.79 Å². The quantitative estimate of drug-likeness (QED) is 0.931. The highest BCUT2D eigenvalue weighted by Gasteiger charge is 2.33. The van der Waals surface area contributed by atoms with Crippen LogP contribution in [0.2, 0.25) is 0 Å². The number of urea groups is 1. The largest absolute Gasteiger partial charge is 0.423 e. The lowest BCUT2D eigenvalue weighted by Gasteiger charge is -2.33. The van der Waals surface area contributed by atoms with E-state index in [1.54, 1.807) is 16.2 Å². The smallest absolute Gasteiger partial charge is 0.322 e. The molecule has 7 nitrogen and oxygen atoms in total. The summed E-state index contributed by atoms with van der Waals surface area (Å²) >= 11 is 1.56. The Morgan fingerprint density at radius 3 is 2.91 bits per heavy atom. The summed E-state index contributed by atoms with van der Waals surface area (Å²) in [5, 5.41) is 15.0. The van der Waals surface area contributed by atoms with Crippen LogP contribution < -0.4 is 5.32 Å². The van der Waals surface area contributed by atoms with Crippen molar-refractivity contribution in [3.05, 3.63) is 28.1 Å². The van der Waals surface area contributed by atoms with Gasteiger partial charge in [0.15, 0.2) is 0 Å². The summed E-state index contributed by atoms with van der Waals surface area (Å²) in [6.07, 6.45) is 0. The summed E-state index contributed by atoms with van der Waals surface area (Å²) < 4.78 is 11.2. The van der Waals surface area contributed by atoms with Crippen molar-refractivity contribution in [2.75, 3.05) is 25.1 Å². The molecule has 0 unspecified atom stereocenters. The summed E-state index contributed by atoms with van der Waals surface area (Å²) in [4.78, 5) is 14.3. The van der Waals surface area contributed by atoms with E-state index in [1.807, 2.05) is 31.5 Å². The fourth-order valence-electron chi connectivity index (χ4n) is 2.34. The van der Waals surface area contributed by atoms with Crippen molar-refractivity contribution in [3.8, 4) is 0 Å². The Labute approximate surface area is 138 Å². The van der Waals surface area contributed by atoms with Crippen molar-refractivity contribution in [2.24, 2.45) is 0 Å². The number of nitrogens with zero attached hydrogens (tertiary/aromatic N) is 3. The topological polar surface area (TPSA) is 80.5 Å². The molecule has 0 aromatic carbocycles. The third-order valence-electron chi connectivity index (χ3n) is 3.72. The maximum absolute atomic E-state index is 12.6. The minimum Gasteiger partial charge on any atom is -0.423 e. The van der Waals surface area contributed by atoms with Crippen molar-refractivity contribution < 1.29 is 13.9 Å². The molecule has 0 spiro atoms. The molecule has 0 aliphatic carbocycles. The minimum atomic E-state index is -0.359. The molecule has 2 amide bonds. The van der Waals surface area contributed by atoms with Crippen LogP contribution >= 0.6 is 11.3 Å². The Bertz CT molecular complexity index is 682. The van der Waals surface area contributed by atoms with Gasteiger partial charge < -0.3 is 19.4 Å². The predicted octanol–water partition coefficient (Wildman–Crippen LogP) is 3.17. The number of amides is 2. The van der Waals surface area contributed by atoms with Gasteiger partial charge in [-0.05, 0) is 17.9 Å². The zero-order chi connectivity index (χ0) is 16.4. The first-order chi connectivity index (χ1) is 11.1. The van der Waals surface area contributed by atoms with E-state index in [-0.39, 0.29) is 18.0 Å². The number of carbonyl (C=O) groups excluding carboxylic acids is 1. The fourth-order valence-corrected chi connectivity index (χ4v) is 3.12. The average Bonchev–Trinajstić information content (AvgIpc) is 3.17. The van der Waals surface area contributed by atoms with E-state index in [9.17, 15) is 4.79 Å². The number of hydrogen-bond acceptors (Lipinski definition) is 6. The van der Waals surface area contributed by atoms with Crippen LogP contribution in [0.4, 0.5) is 10.5 Å². The van der Waals surface area contributed by atoms with Gasteiger partial charge in [0.2, 0.25) is 11.8 Å². The molecule has 23 heavy (non-hydrogen) atoms. The van der Waals surface area contributed by atoms with E-state index in [0.717, 1.165) is 11.3 Å². The molecule has 0 bridgehead atoms. The van der Waals surface area contributed by atoms with Crippen LogP contribution in [-0.4, -0.2) is 40.9 Å². The molecule has 1 atom stereocenters. The molecule has 2 aromatic rings. The van der Waals surface area contributed by atoms with E-state index >= 15 is 0 Å². The molecule has 2 aromatic heterocycles. The van der Waals surface area contributed by atoms with Crippen LogP contribution in [0.25, 0.3) is 0 Å². The molecule has 3 rings (SSSR count). The fraction of sp³-hybridized carbons (Fsp3) is 0.533. The number of morpholine rings is 1. The maximum atomic E-state index is 12.6. The number of thiophene rings is 1. The van der Waals surface area contributed by atoms with Gasteiger partial charge in [-0.2, -0.15) is 0 Å². The van der Waals surface area contributed by atoms with Gasteiger partial charge in [0, 0.05) is 17.8 Å².